The van der Waals surface area contributed by atoms with E-state index in [-0.39, 0.29) is 5.91 Å². The van der Waals surface area contributed by atoms with Gasteiger partial charge in [-0.15, -0.1) is 0 Å². The number of carbonyl (C=O) groups is 1. The van der Waals surface area contributed by atoms with Crippen molar-refractivity contribution in [1.82, 2.24) is 4.90 Å². The van der Waals surface area contributed by atoms with Gasteiger partial charge in [0.15, 0.2) is 0 Å². The van der Waals surface area contributed by atoms with Crippen LogP contribution >= 0.6 is 11.6 Å². The SMILES string of the molecule is Nc1c(Cl)cc(C(=O)N2CC=NC2)c2c1CCO2. The van der Waals surface area contributed by atoms with Gasteiger partial charge in [0.05, 0.1) is 29.4 Å². The summed E-state index contributed by atoms with van der Waals surface area (Å²) in [4.78, 5) is 18.0. The Hall–Kier alpha value is -1.75. The molecule has 0 radical (unpaired) electrons. The van der Waals surface area contributed by atoms with Gasteiger partial charge in [0.2, 0.25) is 0 Å². The van der Waals surface area contributed by atoms with E-state index < -0.39 is 0 Å². The summed E-state index contributed by atoms with van der Waals surface area (Å²) in [7, 11) is 0. The quantitative estimate of drug-likeness (QED) is 0.779. The highest BCUT2D eigenvalue weighted by Crippen LogP contribution is 2.39. The maximum absolute atomic E-state index is 12.3. The predicted octanol–water partition coefficient (Wildman–Crippen LogP) is 1.34. The minimum absolute atomic E-state index is 0.118. The summed E-state index contributed by atoms with van der Waals surface area (Å²) in [6.07, 6.45) is 2.41. The highest BCUT2D eigenvalue weighted by Gasteiger charge is 2.28. The summed E-state index contributed by atoms with van der Waals surface area (Å²) < 4.78 is 5.52. The zero-order valence-electron chi connectivity index (χ0n) is 9.65. The fraction of sp³-hybridized carbons (Fsp3) is 0.333. The first-order valence-corrected chi connectivity index (χ1v) is 6.07. The van der Waals surface area contributed by atoms with Crippen LogP contribution in [-0.4, -0.2) is 36.8 Å². The lowest BCUT2D eigenvalue weighted by molar-refractivity contribution is 0.0792. The van der Waals surface area contributed by atoms with Crippen molar-refractivity contribution in [2.75, 3.05) is 25.6 Å². The smallest absolute Gasteiger partial charge is 0.259 e. The molecule has 3 rings (SSSR count). The second-order valence-electron chi connectivity index (χ2n) is 4.26. The Morgan fingerprint density at radius 1 is 1.56 bits per heavy atom. The molecule has 1 aromatic rings. The number of halogens is 1. The van der Waals surface area contributed by atoms with Gasteiger partial charge >= 0.3 is 0 Å². The van der Waals surface area contributed by atoms with Crippen molar-refractivity contribution < 1.29 is 9.53 Å². The molecule has 0 saturated heterocycles. The maximum atomic E-state index is 12.3. The van der Waals surface area contributed by atoms with E-state index in [1.54, 1.807) is 17.2 Å². The summed E-state index contributed by atoms with van der Waals surface area (Å²) in [6.45, 7) is 1.45. The van der Waals surface area contributed by atoms with Crippen molar-refractivity contribution in [3.05, 3.63) is 22.2 Å². The molecule has 1 aromatic carbocycles. The van der Waals surface area contributed by atoms with E-state index in [0.29, 0.717) is 48.3 Å². The number of fused-ring (bicyclic) bond motifs is 1. The van der Waals surface area contributed by atoms with E-state index in [0.717, 1.165) is 5.56 Å². The lowest BCUT2D eigenvalue weighted by Gasteiger charge is -2.17. The Labute approximate surface area is 109 Å². The van der Waals surface area contributed by atoms with Crippen molar-refractivity contribution >= 4 is 29.4 Å². The monoisotopic (exact) mass is 265 g/mol. The number of amides is 1. The van der Waals surface area contributed by atoms with Crippen LogP contribution in [0.1, 0.15) is 15.9 Å². The first kappa shape index (κ1) is 11.3. The fourth-order valence-electron chi connectivity index (χ4n) is 2.21. The van der Waals surface area contributed by atoms with E-state index >= 15 is 0 Å². The predicted molar refractivity (Wildman–Crippen MR) is 69.5 cm³/mol. The first-order valence-electron chi connectivity index (χ1n) is 5.69. The van der Waals surface area contributed by atoms with Gasteiger partial charge in [-0.05, 0) is 6.07 Å². The molecule has 0 bridgehead atoms. The Kier molecular flexibility index (Phi) is 2.63. The molecule has 0 spiro atoms. The molecule has 6 heteroatoms. The fourth-order valence-corrected chi connectivity index (χ4v) is 2.44. The zero-order chi connectivity index (χ0) is 12.7. The molecule has 5 nitrogen and oxygen atoms in total. The third-order valence-corrected chi connectivity index (χ3v) is 3.48. The van der Waals surface area contributed by atoms with Gasteiger partial charge in [-0.25, -0.2) is 0 Å². The third-order valence-electron chi connectivity index (χ3n) is 3.17. The van der Waals surface area contributed by atoms with E-state index in [1.807, 2.05) is 0 Å². The molecule has 2 heterocycles. The number of rotatable bonds is 1. The number of nitrogen functional groups attached to an aromatic ring is 1. The van der Waals surface area contributed by atoms with Crippen LogP contribution in [-0.2, 0) is 6.42 Å². The van der Waals surface area contributed by atoms with Gasteiger partial charge < -0.3 is 15.4 Å². The number of nitrogens with zero attached hydrogens (tertiary/aromatic N) is 2. The van der Waals surface area contributed by atoms with Gasteiger partial charge in [-0.3, -0.25) is 9.79 Å². The number of hydrogen-bond acceptors (Lipinski definition) is 4. The summed E-state index contributed by atoms with van der Waals surface area (Å²) >= 11 is 6.07. The molecule has 2 aliphatic heterocycles. The standard InChI is InChI=1S/C12H12ClN3O2/c13-9-5-8(12(17)16-3-2-15-6-16)11-7(10(9)14)1-4-18-11/h2,5H,1,3-4,6,14H2. The number of aliphatic imine (C=N–C) groups is 1. The first-order chi connectivity index (χ1) is 8.68. The van der Waals surface area contributed by atoms with E-state index in [9.17, 15) is 4.79 Å². The Morgan fingerprint density at radius 3 is 3.11 bits per heavy atom. The Bertz CT molecular complexity index is 549. The molecule has 0 unspecified atom stereocenters. The van der Waals surface area contributed by atoms with E-state index in [2.05, 4.69) is 4.99 Å². The largest absolute Gasteiger partial charge is 0.492 e. The molecule has 1 amide bonds. The number of nitrogens with two attached hydrogens (primary N) is 1. The van der Waals surface area contributed by atoms with Crippen molar-refractivity contribution in [1.29, 1.82) is 0 Å². The summed E-state index contributed by atoms with van der Waals surface area (Å²) in [5.41, 5.74) is 7.73. The summed E-state index contributed by atoms with van der Waals surface area (Å²) in [5.74, 6) is 0.460. The highest BCUT2D eigenvalue weighted by molar-refractivity contribution is 6.33. The third kappa shape index (κ3) is 1.62. The van der Waals surface area contributed by atoms with Crippen molar-refractivity contribution in [2.45, 2.75) is 6.42 Å². The lowest BCUT2D eigenvalue weighted by atomic mass is 10.0. The second-order valence-corrected chi connectivity index (χ2v) is 4.67. The average molecular weight is 266 g/mol. The van der Waals surface area contributed by atoms with Gasteiger partial charge in [0.1, 0.15) is 12.4 Å². The van der Waals surface area contributed by atoms with Gasteiger partial charge in [0, 0.05) is 18.2 Å². The molecule has 94 valence electrons. The number of ether oxygens (including phenoxy) is 1. The maximum Gasteiger partial charge on any atom is 0.259 e. The molecule has 18 heavy (non-hydrogen) atoms. The molecule has 0 aliphatic carbocycles. The molecule has 2 aliphatic rings. The zero-order valence-corrected chi connectivity index (χ0v) is 10.4. The second kappa shape index (κ2) is 4.17. The number of benzene rings is 1. The number of hydrogen-bond donors (Lipinski definition) is 1. The molecule has 2 N–H and O–H groups in total. The number of anilines is 1. The van der Waals surface area contributed by atoms with Crippen LogP contribution in [0.2, 0.25) is 5.02 Å². The van der Waals surface area contributed by atoms with Crippen LogP contribution < -0.4 is 10.5 Å². The summed E-state index contributed by atoms with van der Waals surface area (Å²) in [6, 6.07) is 1.59. The van der Waals surface area contributed by atoms with Gasteiger partial charge in [0.25, 0.3) is 5.91 Å². The normalized spacial score (nSPS) is 16.8. The van der Waals surface area contributed by atoms with Crippen molar-refractivity contribution in [2.24, 2.45) is 4.99 Å². The Balaban J connectivity index is 2.04. The molecule has 0 atom stereocenters. The molecular formula is C12H12ClN3O2. The molecule has 0 fully saturated rings. The van der Waals surface area contributed by atoms with Crippen LogP contribution in [0.3, 0.4) is 0 Å². The van der Waals surface area contributed by atoms with Crippen molar-refractivity contribution in [3.8, 4) is 5.75 Å². The van der Waals surface area contributed by atoms with Crippen LogP contribution in [0, 0.1) is 0 Å². The highest BCUT2D eigenvalue weighted by atomic mass is 35.5. The molecule has 0 saturated carbocycles. The Morgan fingerprint density at radius 2 is 2.39 bits per heavy atom. The minimum atomic E-state index is -0.118. The van der Waals surface area contributed by atoms with Crippen LogP contribution in [0.5, 0.6) is 5.75 Å². The molecule has 0 aromatic heterocycles. The number of carbonyl (C=O) groups excluding carboxylic acids is 1. The summed E-state index contributed by atoms with van der Waals surface area (Å²) in [5, 5.41) is 0.405. The van der Waals surface area contributed by atoms with Gasteiger partial charge in [-0.2, -0.15) is 0 Å². The van der Waals surface area contributed by atoms with Crippen molar-refractivity contribution in [3.63, 3.8) is 0 Å². The average Bonchev–Trinajstić information content (AvgIpc) is 3.02. The van der Waals surface area contributed by atoms with Crippen LogP contribution in [0.4, 0.5) is 5.69 Å². The van der Waals surface area contributed by atoms with Crippen LogP contribution in [0.25, 0.3) is 0 Å². The molecular weight excluding hydrogens is 254 g/mol. The lowest BCUT2D eigenvalue weighted by Crippen LogP contribution is -2.29. The minimum Gasteiger partial charge on any atom is -0.492 e. The van der Waals surface area contributed by atoms with Gasteiger partial charge in [-0.1, -0.05) is 11.6 Å². The van der Waals surface area contributed by atoms with E-state index in [4.69, 9.17) is 22.1 Å². The topological polar surface area (TPSA) is 67.9 Å². The van der Waals surface area contributed by atoms with E-state index in [1.165, 1.54) is 0 Å². The van der Waals surface area contributed by atoms with Crippen LogP contribution in [0.15, 0.2) is 11.1 Å².